The van der Waals surface area contributed by atoms with Crippen molar-refractivity contribution in [3.8, 4) is 28.3 Å². The summed E-state index contributed by atoms with van der Waals surface area (Å²) in [7, 11) is 0. The molecule has 9 heteroatoms. The quantitative estimate of drug-likeness (QED) is 0.392. The van der Waals surface area contributed by atoms with E-state index in [0.717, 1.165) is 12.1 Å². The van der Waals surface area contributed by atoms with Crippen LogP contribution in [0.5, 0.6) is 5.75 Å². The van der Waals surface area contributed by atoms with Gasteiger partial charge >= 0.3 is 6.18 Å². The van der Waals surface area contributed by atoms with Crippen molar-refractivity contribution in [3.05, 3.63) is 71.2 Å². The number of benzene rings is 2. The van der Waals surface area contributed by atoms with E-state index in [-0.39, 0.29) is 28.5 Å². The van der Waals surface area contributed by atoms with Gasteiger partial charge in [0.25, 0.3) is 0 Å². The highest BCUT2D eigenvalue weighted by Crippen LogP contribution is 2.43. The normalized spacial score (nSPS) is 15.7. The molecule has 4 aromatic rings. The Labute approximate surface area is 172 Å². The van der Waals surface area contributed by atoms with E-state index in [9.17, 15) is 27.1 Å². The Morgan fingerprint density at radius 1 is 1.10 bits per heavy atom. The Kier molecular flexibility index (Phi) is 4.08. The second-order valence-electron chi connectivity index (χ2n) is 7.61. The molecule has 1 atom stereocenters. The van der Waals surface area contributed by atoms with Gasteiger partial charge in [0.15, 0.2) is 5.65 Å². The highest BCUT2D eigenvalue weighted by atomic mass is 19.4. The Morgan fingerprint density at radius 2 is 1.87 bits per heavy atom. The van der Waals surface area contributed by atoms with Crippen LogP contribution < -0.4 is 0 Å². The van der Waals surface area contributed by atoms with E-state index in [0.29, 0.717) is 35.1 Å². The van der Waals surface area contributed by atoms with E-state index >= 15 is 0 Å². The maximum atomic E-state index is 14.8. The summed E-state index contributed by atoms with van der Waals surface area (Å²) in [5, 5.41) is 9.78. The van der Waals surface area contributed by atoms with Gasteiger partial charge in [-0.25, -0.2) is 13.8 Å². The minimum absolute atomic E-state index is 0.0633. The van der Waals surface area contributed by atoms with E-state index in [1.54, 1.807) is 4.40 Å². The second-order valence-corrected chi connectivity index (χ2v) is 7.61. The molecule has 1 N–H and O–H groups in total. The predicted octanol–water partition coefficient (Wildman–Crippen LogP) is 5.73. The molecule has 0 fully saturated rings. The number of aromatic hydroxyl groups is 1. The van der Waals surface area contributed by atoms with Gasteiger partial charge in [-0.05, 0) is 36.2 Å². The molecule has 0 saturated carbocycles. The highest BCUT2D eigenvalue weighted by molar-refractivity contribution is 5.75. The first-order valence-electron chi connectivity index (χ1n) is 9.40. The molecule has 0 amide bonds. The van der Waals surface area contributed by atoms with Crippen molar-refractivity contribution in [2.24, 2.45) is 0 Å². The van der Waals surface area contributed by atoms with Crippen LogP contribution in [0.2, 0.25) is 0 Å². The summed E-state index contributed by atoms with van der Waals surface area (Å²) in [4.78, 5) is 8.72. The molecule has 0 saturated heterocycles. The number of imidazole rings is 1. The maximum absolute atomic E-state index is 14.8. The smallest absolute Gasteiger partial charge is 0.419 e. The van der Waals surface area contributed by atoms with Gasteiger partial charge in [0.05, 0.1) is 28.8 Å². The average Bonchev–Trinajstić information content (AvgIpc) is 3.06. The van der Waals surface area contributed by atoms with Crippen molar-refractivity contribution >= 4 is 5.65 Å². The summed E-state index contributed by atoms with van der Waals surface area (Å²) >= 11 is 0. The van der Waals surface area contributed by atoms with Gasteiger partial charge in [0.2, 0.25) is 0 Å². The molecular weight excluding hydrogens is 417 g/mol. The van der Waals surface area contributed by atoms with Gasteiger partial charge in [-0.15, -0.1) is 0 Å². The zero-order valence-electron chi connectivity index (χ0n) is 16.0. The summed E-state index contributed by atoms with van der Waals surface area (Å²) in [5.74, 6) is -2.25. The van der Waals surface area contributed by atoms with Crippen LogP contribution in [0.4, 0.5) is 22.0 Å². The van der Waals surface area contributed by atoms with Gasteiger partial charge < -0.3 is 5.11 Å². The van der Waals surface area contributed by atoms with Crippen molar-refractivity contribution in [1.29, 1.82) is 0 Å². The fraction of sp³-hybridized carbons (Fsp3) is 0.182. The van der Waals surface area contributed by atoms with E-state index in [4.69, 9.17) is 0 Å². The third-order valence-electron chi connectivity index (χ3n) is 5.49. The highest BCUT2D eigenvalue weighted by Gasteiger charge is 2.34. The SMILES string of the molecule is CC1Cc2cc(O)cc(F)c2-c2c1nc1cnc(-c3ccc(F)c(C(F)(F)F)c3)cn21. The molecule has 2 aromatic carbocycles. The molecule has 2 aromatic heterocycles. The molecule has 0 radical (unpaired) electrons. The van der Waals surface area contributed by atoms with Gasteiger partial charge in [0.1, 0.15) is 17.4 Å². The number of halogens is 5. The van der Waals surface area contributed by atoms with Crippen LogP contribution in [0.15, 0.2) is 42.7 Å². The van der Waals surface area contributed by atoms with Crippen LogP contribution in [0.3, 0.4) is 0 Å². The fourth-order valence-corrected chi connectivity index (χ4v) is 4.12. The van der Waals surface area contributed by atoms with Gasteiger partial charge in [-0.3, -0.25) is 9.38 Å². The Balaban J connectivity index is 1.75. The number of hydrogen-bond acceptors (Lipinski definition) is 3. The number of phenols is 1. The molecule has 1 unspecified atom stereocenters. The van der Waals surface area contributed by atoms with Crippen LogP contribution in [0, 0.1) is 11.6 Å². The monoisotopic (exact) mass is 431 g/mol. The lowest BCUT2D eigenvalue weighted by molar-refractivity contribution is -0.139. The van der Waals surface area contributed by atoms with Crippen molar-refractivity contribution in [2.75, 3.05) is 0 Å². The molecule has 0 bridgehead atoms. The third kappa shape index (κ3) is 3.03. The number of alkyl halides is 3. The number of fused-ring (bicyclic) bond motifs is 5. The van der Waals surface area contributed by atoms with Crippen LogP contribution >= 0.6 is 0 Å². The predicted molar refractivity (Wildman–Crippen MR) is 103 cm³/mol. The van der Waals surface area contributed by atoms with Crippen molar-refractivity contribution in [1.82, 2.24) is 14.4 Å². The van der Waals surface area contributed by atoms with E-state index in [1.807, 2.05) is 6.92 Å². The van der Waals surface area contributed by atoms with Gasteiger partial charge in [-0.1, -0.05) is 6.92 Å². The average molecular weight is 431 g/mol. The molecule has 31 heavy (non-hydrogen) atoms. The molecule has 0 aliphatic heterocycles. The van der Waals surface area contributed by atoms with Crippen LogP contribution in [0.1, 0.15) is 29.7 Å². The molecule has 158 valence electrons. The van der Waals surface area contributed by atoms with Gasteiger partial charge in [-0.2, -0.15) is 13.2 Å². The third-order valence-corrected chi connectivity index (χ3v) is 5.49. The van der Waals surface area contributed by atoms with E-state index in [1.165, 1.54) is 24.5 Å². The lowest BCUT2D eigenvalue weighted by Crippen LogP contribution is -2.11. The molecule has 1 aliphatic rings. The Bertz CT molecular complexity index is 1360. The first-order chi connectivity index (χ1) is 14.6. The Morgan fingerprint density at radius 3 is 2.61 bits per heavy atom. The number of hydrogen-bond donors (Lipinski definition) is 1. The molecule has 1 aliphatic carbocycles. The topological polar surface area (TPSA) is 50.4 Å². The van der Waals surface area contributed by atoms with Crippen LogP contribution in [-0.4, -0.2) is 19.5 Å². The minimum Gasteiger partial charge on any atom is -0.508 e. The summed E-state index contributed by atoms with van der Waals surface area (Å²) in [6.07, 6.45) is -1.53. The molecular formula is C22H14F5N3O. The fourth-order valence-electron chi connectivity index (χ4n) is 4.12. The number of rotatable bonds is 1. The Hall–Kier alpha value is -3.49. The summed E-state index contributed by atoms with van der Waals surface area (Å²) in [6, 6.07) is 5.15. The first kappa shape index (κ1) is 19.5. The summed E-state index contributed by atoms with van der Waals surface area (Å²) < 4.78 is 69.4. The number of phenolic OH excluding ortho intramolecular Hbond substituents is 1. The number of aromatic nitrogens is 3. The molecule has 5 rings (SSSR count). The van der Waals surface area contributed by atoms with Crippen LogP contribution in [-0.2, 0) is 12.6 Å². The van der Waals surface area contributed by atoms with Gasteiger partial charge in [0, 0.05) is 29.3 Å². The summed E-state index contributed by atoms with van der Waals surface area (Å²) in [5.41, 5.74) is 1.21. The van der Waals surface area contributed by atoms with Crippen LogP contribution in [0.25, 0.3) is 28.2 Å². The summed E-state index contributed by atoms with van der Waals surface area (Å²) in [6.45, 7) is 1.92. The van der Waals surface area contributed by atoms with Crippen molar-refractivity contribution < 1.29 is 27.1 Å². The lowest BCUT2D eigenvalue weighted by atomic mass is 9.85. The minimum atomic E-state index is -4.85. The van der Waals surface area contributed by atoms with E-state index < -0.39 is 23.4 Å². The lowest BCUT2D eigenvalue weighted by Gasteiger charge is -2.22. The zero-order chi connectivity index (χ0) is 22.1. The molecule has 2 heterocycles. The van der Waals surface area contributed by atoms with Crippen molar-refractivity contribution in [3.63, 3.8) is 0 Å². The standard InChI is InChI=1S/C22H14F5N3O/c1-10-4-12-5-13(31)7-16(24)19(12)21-20(10)29-18-8-28-17(9-30(18)21)11-2-3-15(23)14(6-11)22(25,26)27/h2-3,5-10,31H,4H2,1H3. The maximum Gasteiger partial charge on any atom is 0.419 e. The first-order valence-corrected chi connectivity index (χ1v) is 9.40. The van der Waals surface area contributed by atoms with E-state index in [2.05, 4.69) is 9.97 Å². The largest absolute Gasteiger partial charge is 0.508 e. The second kappa shape index (κ2) is 6.50. The van der Waals surface area contributed by atoms with Crippen molar-refractivity contribution in [2.45, 2.75) is 25.4 Å². The molecule has 4 nitrogen and oxygen atoms in total. The number of nitrogens with zero attached hydrogens (tertiary/aromatic N) is 3. The zero-order valence-corrected chi connectivity index (χ0v) is 16.0. The molecule has 0 spiro atoms.